The van der Waals surface area contributed by atoms with Gasteiger partial charge in [-0.2, -0.15) is 0 Å². The molecule has 2 aromatic carbocycles. The van der Waals surface area contributed by atoms with Gasteiger partial charge in [-0.25, -0.2) is 4.98 Å². The number of amides is 2. The number of rotatable bonds is 5. The van der Waals surface area contributed by atoms with Crippen LogP contribution in [0.15, 0.2) is 66.7 Å². The summed E-state index contributed by atoms with van der Waals surface area (Å²) in [6.45, 7) is 4.40. The van der Waals surface area contributed by atoms with E-state index in [0.29, 0.717) is 17.9 Å². The topological polar surface area (TPSA) is 62.3 Å². The van der Waals surface area contributed by atoms with Gasteiger partial charge in [-0.05, 0) is 43.2 Å². The third-order valence-electron chi connectivity index (χ3n) is 5.22. The summed E-state index contributed by atoms with van der Waals surface area (Å²) in [4.78, 5) is 32.0. The molecule has 1 aliphatic rings. The number of nitrogens with one attached hydrogen (secondary N) is 1. The van der Waals surface area contributed by atoms with Crippen molar-refractivity contribution < 1.29 is 11.0 Å². The lowest BCUT2D eigenvalue weighted by atomic mass is 10.00. The van der Waals surface area contributed by atoms with E-state index >= 15 is 0 Å². The molecule has 0 radical (unpaired) electrons. The largest absolute Gasteiger partial charge is 0.327 e. The van der Waals surface area contributed by atoms with E-state index < -0.39 is 0 Å². The number of fused-ring (bicyclic) bond motifs is 1. The van der Waals surface area contributed by atoms with Crippen LogP contribution in [0.25, 0.3) is 0 Å². The fourth-order valence-electron chi connectivity index (χ4n) is 3.71. The molecule has 4 rings (SSSR count). The average Bonchev–Trinajstić information content (AvgIpc) is 3.04. The molecule has 3 aromatic rings. The Balaban J connectivity index is 0.00000256. The van der Waals surface area contributed by atoms with Crippen molar-refractivity contribution in [1.82, 2.24) is 9.88 Å². The number of hydrogen-bond acceptors (Lipinski definition) is 3. The second kappa shape index (κ2) is 7.87. The van der Waals surface area contributed by atoms with E-state index in [2.05, 4.69) is 10.3 Å². The van der Waals surface area contributed by atoms with Gasteiger partial charge in [-0.1, -0.05) is 54.1 Å². The van der Waals surface area contributed by atoms with Crippen LogP contribution in [-0.2, 0) is 11.3 Å². The fraction of sp³-hybridized carbons (Fsp3) is 0.208. The highest BCUT2D eigenvalue weighted by atomic mass is 16.2. The van der Waals surface area contributed by atoms with Crippen molar-refractivity contribution in [3.8, 4) is 0 Å². The summed E-state index contributed by atoms with van der Waals surface area (Å²) in [7, 11) is 0. The number of carbonyl (C=O) groups excluding carboxylic acids is 2. The number of anilines is 1. The summed E-state index contributed by atoms with van der Waals surface area (Å²) in [6.07, 6.45) is 0.165. The van der Waals surface area contributed by atoms with Gasteiger partial charge in [0.05, 0.1) is 12.5 Å². The lowest BCUT2D eigenvalue weighted by molar-refractivity contribution is -0.117. The monoisotopic (exact) mass is 387 g/mol. The molecule has 1 aliphatic heterocycles. The predicted molar refractivity (Wildman–Crippen MR) is 115 cm³/mol. The van der Waals surface area contributed by atoms with Gasteiger partial charge in [-0.3, -0.25) is 9.59 Å². The molecular weight excluding hydrogens is 362 g/mol. The van der Waals surface area contributed by atoms with Gasteiger partial charge in [0.2, 0.25) is 5.91 Å². The molecule has 1 N–H and O–H groups in total. The second-order valence-electron chi connectivity index (χ2n) is 7.43. The Morgan fingerprint density at radius 2 is 1.83 bits per heavy atom. The van der Waals surface area contributed by atoms with Crippen LogP contribution in [0.1, 0.15) is 46.6 Å². The molecule has 5 nitrogen and oxygen atoms in total. The van der Waals surface area contributed by atoms with Gasteiger partial charge in [0.15, 0.2) is 0 Å². The molecule has 0 aliphatic carbocycles. The molecule has 0 spiro atoms. The Labute approximate surface area is 171 Å². The van der Waals surface area contributed by atoms with Gasteiger partial charge in [0.1, 0.15) is 5.82 Å². The van der Waals surface area contributed by atoms with E-state index in [9.17, 15) is 9.59 Å². The average molecular weight is 387 g/mol. The quantitative estimate of drug-likeness (QED) is 0.692. The summed E-state index contributed by atoms with van der Waals surface area (Å²) in [5.74, 6) is 0.318. The van der Waals surface area contributed by atoms with Gasteiger partial charge < -0.3 is 10.2 Å². The smallest absolute Gasteiger partial charge is 0.255 e. The minimum Gasteiger partial charge on any atom is -0.327 e. The highest BCUT2D eigenvalue weighted by molar-refractivity contribution is 5.99. The van der Waals surface area contributed by atoms with E-state index in [0.717, 1.165) is 22.4 Å². The fourth-order valence-corrected chi connectivity index (χ4v) is 3.71. The Bertz CT molecular complexity index is 1070. The molecule has 148 valence electrons. The number of aromatic nitrogens is 1. The summed E-state index contributed by atoms with van der Waals surface area (Å²) in [5.41, 5.74) is 4.63. The molecule has 0 fully saturated rings. The van der Waals surface area contributed by atoms with E-state index in [1.165, 1.54) is 0 Å². The SMILES string of the molecule is Cc1ccc(C(CC(=O)Nc2cccc(C)n2)N2Cc3ccccc3C2=O)cc1.[HH]. The first kappa shape index (κ1) is 18.9. The van der Waals surface area contributed by atoms with Crippen molar-refractivity contribution in [2.45, 2.75) is 32.9 Å². The Morgan fingerprint density at radius 3 is 2.55 bits per heavy atom. The summed E-state index contributed by atoms with van der Waals surface area (Å²) in [6, 6.07) is 20.8. The lowest BCUT2D eigenvalue weighted by Gasteiger charge is -2.28. The van der Waals surface area contributed by atoms with Crippen LogP contribution in [0.3, 0.4) is 0 Å². The van der Waals surface area contributed by atoms with Gasteiger partial charge in [0, 0.05) is 19.2 Å². The zero-order valence-electron chi connectivity index (χ0n) is 16.6. The summed E-state index contributed by atoms with van der Waals surface area (Å²) < 4.78 is 0. The molecule has 0 bridgehead atoms. The van der Waals surface area contributed by atoms with Crippen molar-refractivity contribution >= 4 is 17.6 Å². The van der Waals surface area contributed by atoms with Crippen LogP contribution >= 0.6 is 0 Å². The van der Waals surface area contributed by atoms with Gasteiger partial charge >= 0.3 is 0 Å². The number of aryl methyl sites for hydroxylation is 2. The van der Waals surface area contributed by atoms with Crippen LogP contribution in [-0.4, -0.2) is 21.7 Å². The van der Waals surface area contributed by atoms with E-state index in [1.807, 2.05) is 74.5 Å². The molecular formula is C24H25N3O2. The Morgan fingerprint density at radius 1 is 1.07 bits per heavy atom. The number of nitrogens with zero attached hydrogens (tertiary/aromatic N) is 2. The van der Waals surface area contributed by atoms with Crippen molar-refractivity contribution in [1.29, 1.82) is 0 Å². The molecule has 5 heteroatoms. The van der Waals surface area contributed by atoms with Crippen LogP contribution < -0.4 is 5.32 Å². The number of carbonyl (C=O) groups is 2. The first-order chi connectivity index (χ1) is 14.0. The van der Waals surface area contributed by atoms with E-state index in [-0.39, 0.29) is 25.7 Å². The summed E-state index contributed by atoms with van der Waals surface area (Å²) in [5, 5.41) is 2.87. The van der Waals surface area contributed by atoms with E-state index in [4.69, 9.17) is 0 Å². The summed E-state index contributed by atoms with van der Waals surface area (Å²) >= 11 is 0. The van der Waals surface area contributed by atoms with Crippen LogP contribution in [0.5, 0.6) is 0 Å². The normalized spacial score (nSPS) is 13.9. The number of hydrogen-bond donors (Lipinski definition) is 1. The second-order valence-corrected chi connectivity index (χ2v) is 7.43. The molecule has 29 heavy (non-hydrogen) atoms. The molecule has 1 unspecified atom stereocenters. The highest BCUT2D eigenvalue weighted by Crippen LogP contribution is 2.33. The van der Waals surface area contributed by atoms with Gasteiger partial charge in [0.25, 0.3) is 5.91 Å². The van der Waals surface area contributed by atoms with Crippen LogP contribution in [0.4, 0.5) is 5.82 Å². The Kier molecular flexibility index (Phi) is 5.12. The Hall–Kier alpha value is -3.47. The minimum atomic E-state index is -0.347. The molecule has 2 heterocycles. The van der Waals surface area contributed by atoms with Crippen molar-refractivity contribution in [2.24, 2.45) is 0 Å². The zero-order chi connectivity index (χ0) is 20.4. The maximum Gasteiger partial charge on any atom is 0.255 e. The standard InChI is InChI=1S/C24H23N3O2.H2/c1-16-10-12-18(13-11-16)21(14-23(28)26-22-9-5-6-17(2)25-22)27-15-19-7-3-4-8-20(19)24(27)29;/h3-13,21H,14-15H2,1-2H3,(H,25,26,28);1H. The minimum absolute atomic E-state index is 0. The number of benzene rings is 2. The molecule has 2 amide bonds. The molecule has 1 aromatic heterocycles. The lowest BCUT2D eigenvalue weighted by Crippen LogP contribution is -2.32. The van der Waals surface area contributed by atoms with Gasteiger partial charge in [-0.15, -0.1) is 0 Å². The van der Waals surface area contributed by atoms with Crippen molar-refractivity contribution in [3.05, 3.63) is 94.7 Å². The molecule has 1 atom stereocenters. The predicted octanol–water partition coefficient (Wildman–Crippen LogP) is 4.67. The van der Waals surface area contributed by atoms with Crippen molar-refractivity contribution in [2.75, 3.05) is 5.32 Å². The first-order valence-corrected chi connectivity index (χ1v) is 9.70. The van der Waals surface area contributed by atoms with E-state index in [1.54, 1.807) is 11.0 Å². The third kappa shape index (κ3) is 4.04. The van der Waals surface area contributed by atoms with Crippen LogP contribution in [0.2, 0.25) is 0 Å². The molecule has 0 saturated heterocycles. The van der Waals surface area contributed by atoms with Crippen LogP contribution in [0, 0.1) is 13.8 Å². The number of pyridine rings is 1. The molecule has 0 saturated carbocycles. The highest BCUT2D eigenvalue weighted by Gasteiger charge is 2.34. The maximum absolute atomic E-state index is 13.0. The van der Waals surface area contributed by atoms with Crippen molar-refractivity contribution in [3.63, 3.8) is 0 Å². The maximum atomic E-state index is 13.0. The zero-order valence-corrected chi connectivity index (χ0v) is 16.6. The third-order valence-corrected chi connectivity index (χ3v) is 5.22. The first-order valence-electron chi connectivity index (χ1n) is 9.70.